The molecule has 0 bridgehead atoms. The summed E-state index contributed by atoms with van der Waals surface area (Å²) < 4.78 is 3.11. The van der Waals surface area contributed by atoms with Crippen molar-refractivity contribution < 1.29 is 9.53 Å². The number of nitrogens with zero attached hydrogens (tertiary/aromatic N) is 4. The van der Waals surface area contributed by atoms with Crippen LogP contribution in [0.2, 0.25) is 0 Å². The van der Waals surface area contributed by atoms with Gasteiger partial charge in [0.25, 0.3) is 0 Å². The van der Waals surface area contributed by atoms with Crippen LogP contribution in [0.1, 0.15) is 18.6 Å². The van der Waals surface area contributed by atoms with E-state index >= 15 is 0 Å². The average Bonchev–Trinajstić information content (AvgIpc) is 3.05. The van der Waals surface area contributed by atoms with E-state index in [-0.39, 0.29) is 30.0 Å². The van der Waals surface area contributed by atoms with E-state index in [1.54, 1.807) is 13.0 Å². The lowest BCUT2D eigenvalue weighted by atomic mass is 10.1. The molecule has 33 heavy (non-hydrogen) atoms. The summed E-state index contributed by atoms with van der Waals surface area (Å²) in [5, 5.41) is 1.79. The minimum absolute atomic E-state index is 0.0672. The van der Waals surface area contributed by atoms with Crippen LogP contribution in [0, 0.1) is 0 Å². The van der Waals surface area contributed by atoms with Crippen LogP contribution >= 0.6 is 69.6 Å². The van der Waals surface area contributed by atoms with E-state index in [2.05, 4.69) is 15.0 Å². The van der Waals surface area contributed by atoms with Gasteiger partial charge in [-0.15, -0.1) is 0 Å². The van der Waals surface area contributed by atoms with Gasteiger partial charge in [0.1, 0.15) is 6.54 Å². The smallest absolute Gasteiger partial charge is 0.325 e. The number of esters is 1. The fourth-order valence-corrected chi connectivity index (χ4v) is 3.96. The van der Waals surface area contributed by atoms with Gasteiger partial charge in [0.15, 0.2) is 17.5 Å². The summed E-state index contributed by atoms with van der Waals surface area (Å²) in [5.41, 5.74) is 2.28. The second-order valence-electron chi connectivity index (χ2n) is 6.94. The van der Waals surface area contributed by atoms with Crippen LogP contribution in [0.15, 0.2) is 42.5 Å². The fourth-order valence-electron chi connectivity index (χ4n) is 3.46. The maximum Gasteiger partial charge on any atom is 0.325 e. The van der Waals surface area contributed by atoms with Crippen LogP contribution in [-0.4, -0.2) is 32.1 Å². The summed E-state index contributed by atoms with van der Waals surface area (Å²) in [5.74, 6) is -0.523. The highest BCUT2D eigenvalue weighted by Crippen LogP contribution is 2.41. The molecular weight excluding hydrogens is 553 g/mol. The average molecular weight is 567 g/mol. The van der Waals surface area contributed by atoms with Crippen LogP contribution in [0.4, 0.5) is 0 Å². The number of fused-ring (bicyclic) bond motifs is 3. The lowest BCUT2D eigenvalue weighted by molar-refractivity contribution is -0.143. The Morgan fingerprint density at radius 2 is 1.48 bits per heavy atom. The zero-order chi connectivity index (χ0) is 24.0. The summed E-state index contributed by atoms with van der Waals surface area (Å²) in [6, 6.07) is 13.2. The minimum Gasteiger partial charge on any atom is -0.465 e. The van der Waals surface area contributed by atoms with E-state index in [1.807, 2.05) is 41.0 Å². The molecule has 0 aliphatic heterocycles. The molecule has 0 atom stereocenters. The molecule has 0 N–H and O–H groups in total. The van der Waals surface area contributed by atoms with Gasteiger partial charge in [-0.25, -0.2) is 15.0 Å². The molecule has 0 spiro atoms. The molecule has 0 saturated heterocycles. The Bertz CT molecular complexity index is 1330. The first-order chi connectivity index (χ1) is 15.5. The number of carbonyl (C=O) groups excluding carboxylic acids is 1. The van der Waals surface area contributed by atoms with Gasteiger partial charge < -0.3 is 9.30 Å². The van der Waals surface area contributed by atoms with Gasteiger partial charge in [-0.1, -0.05) is 87.8 Å². The largest absolute Gasteiger partial charge is 0.465 e. The highest BCUT2D eigenvalue weighted by Gasteiger charge is 2.34. The van der Waals surface area contributed by atoms with Crippen LogP contribution < -0.4 is 0 Å². The number of ether oxygens (including phenoxy) is 1. The number of para-hydroxylation sites is 1. The molecule has 0 saturated carbocycles. The summed E-state index contributed by atoms with van der Waals surface area (Å²) in [6.07, 6.45) is 0. The minimum atomic E-state index is -1.96. The summed E-state index contributed by atoms with van der Waals surface area (Å²) in [4.78, 5) is 24.8. The summed E-state index contributed by atoms with van der Waals surface area (Å²) in [7, 11) is 0. The van der Waals surface area contributed by atoms with Gasteiger partial charge >= 0.3 is 5.97 Å². The van der Waals surface area contributed by atoms with Crippen molar-refractivity contribution >= 4 is 97.4 Å². The predicted molar refractivity (Wildman–Crippen MR) is 133 cm³/mol. The Labute approximate surface area is 218 Å². The zero-order valence-electron chi connectivity index (χ0n) is 16.8. The van der Waals surface area contributed by atoms with Gasteiger partial charge in [-0.05, 0) is 31.2 Å². The Morgan fingerprint density at radius 3 is 2.09 bits per heavy atom. The van der Waals surface area contributed by atoms with Crippen LogP contribution in [0.3, 0.4) is 0 Å². The Hall–Kier alpha value is -1.54. The van der Waals surface area contributed by atoms with Crippen LogP contribution in [0.5, 0.6) is 0 Å². The van der Waals surface area contributed by atoms with Crippen molar-refractivity contribution in [3.05, 3.63) is 54.1 Å². The van der Waals surface area contributed by atoms with E-state index in [0.717, 1.165) is 21.8 Å². The molecule has 12 heteroatoms. The van der Waals surface area contributed by atoms with Crippen molar-refractivity contribution in [3.8, 4) is 11.4 Å². The lowest BCUT2D eigenvalue weighted by Gasteiger charge is -2.15. The Morgan fingerprint density at radius 1 is 0.879 bits per heavy atom. The van der Waals surface area contributed by atoms with Crippen molar-refractivity contribution in [1.29, 1.82) is 0 Å². The van der Waals surface area contributed by atoms with Gasteiger partial charge in [0.2, 0.25) is 7.59 Å². The maximum absolute atomic E-state index is 12.2. The summed E-state index contributed by atoms with van der Waals surface area (Å²) >= 11 is 36.0. The molecule has 4 rings (SSSR count). The highest BCUT2D eigenvalue weighted by molar-refractivity contribution is 6.67. The van der Waals surface area contributed by atoms with Crippen molar-refractivity contribution in [1.82, 2.24) is 19.5 Å². The molecule has 4 aromatic rings. The normalized spacial score (nSPS) is 12.5. The Kier molecular flexibility index (Phi) is 6.89. The zero-order valence-corrected chi connectivity index (χ0v) is 21.4. The van der Waals surface area contributed by atoms with Gasteiger partial charge in [0.05, 0.1) is 6.61 Å². The topological polar surface area (TPSA) is 69.9 Å². The number of carbonyl (C=O) groups is 1. The lowest BCUT2D eigenvalue weighted by Crippen LogP contribution is -2.16. The quantitative estimate of drug-likeness (QED) is 0.199. The van der Waals surface area contributed by atoms with Crippen LogP contribution in [0.25, 0.3) is 33.2 Å². The number of rotatable bonds is 4. The van der Waals surface area contributed by atoms with Gasteiger partial charge in [-0.3, -0.25) is 4.79 Å². The van der Waals surface area contributed by atoms with E-state index in [9.17, 15) is 4.79 Å². The third kappa shape index (κ3) is 5.11. The molecular formula is C21H14Cl6N4O2. The second kappa shape index (κ2) is 9.25. The third-order valence-electron chi connectivity index (χ3n) is 4.77. The van der Waals surface area contributed by atoms with E-state index in [4.69, 9.17) is 74.3 Å². The first-order valence-electron chi connectivity index (χ1n) is 9.56. The molecule has 0 amide bonds. The number of alkyl halides is 6. The maximum atomic E-state index is 12.2. The van der Waals surface area contributed by atoms with E-state index in [1.165, 1.54) is 0 Å². The van der Waals surface area contributed by atoms with Crippen molar-refractivity contribution in [3.63, 3.8) is 0 Å². The molecule has 0 radical (unpaired) electrons. The molecule has 2 heterocycles. The number of aromatic nitrogens is 4. The van der Waals surface area contributed by atoms with Crippen molar-refractivity contribution in [2.45, 2.75) is 21.1 Å². The number of hydrogen-bond donors (Lipinski definition) is 0. The SMILES string of the molecule is CCOC(=O)Cn1c2ccccc2c2cc(-c3nc(C(Cl)(Cl)Cl)nc(C(Cl)(Cl)Cl)n3)ccc21. The monoisotopic (exact) mass is 564 g/mol. The van der Waals surface area contributed by atoms with Gasteiger partial charge in [0, 0.05) is 27.4 Å². The van der Waals surface area contributed by atoms with Gasteiger partial charge in [-0.2, -0.15) is 0 Å². The highest BCUT2D eigenvalue weighted by atomic mass is 35.6. The Balaban J connectivity index is 1.92. The molecule has 172 valence electrons. The summed E-state index contributed by atoms with van der Waals surface area (Å²) in [6.45, 7) is 2.13. The molecule has 0 fully saturated rings. The van der Waals surface area contributed by atoms with Crippen molar-refractivity contribution in [2.24, 2.45) is 0 Å². The standard InChI is InChI=1S/C21H14Cl6N4O2/c1-2-33-16(32)10-31-14-6-4-3-5-12(14)13-9-11(7-8-15(13)31)17-28-18(20(22,23)24)30-19(29-17)21(25,26)27/h3-9H,2,10H2,1H3. The third-order valence-corrected chi connectivity index (χ3v) is 5.78. The van der Waals surface area contributed by atoms with E-state index in [0.29, 0.717) is 12.2 Å². The molecule has 2 aromatic heterocycles. The van der Waals surface area contributed by atoms with E-state index < -0.39 is 7.59 Å². The molecule has 0 aliphatic rings. The number of hydrogen-bond acceptors (Lipinski definition) is 5. The molecule has 0 unspecified atom stereocenters. The second-order valence-corrected chi connectivity index (χ2v) is 11.5. The predicted octanol–water partition coefficient (Wildman–Crippen LogP) is 6.86. The number of benzene rings is 2. The fraction of sp³-hybridized carbons (Fsp3) is 0.238. The van der Waals surface area contributed by atoms with Crippen LogP contribution in [-0.2, 0) is 23.7 Å². The molecule has 2 aromatic carbocycles. The number of halogens is 6. The van der Waals surface area contributed by atoms with Crippen molar-refractivity contribution in [2.75, 3.05) is 6.61 Å². The first-order valence-corrected chi connectivity index (χ1v) is 11.8. The first kappa shape index (κ1) is 24.6. The molecule has 0 aliphatic carbocycles. The molecule has 6 nitrogen and oxygen atoms in total.